The normalized spacial score (nSPS) is 12.7. The van der Waals surface area contributed by atoms with Gasteiger partial charge in [-0.25, -0.2) is 8.42 Å². The van der Waals surface area contributed by atoms with Gasteiger partial charge in [0, 0.05) is 29.1 Å². The first kappa shape index (κ1) is 35.0. The van der Waals surface area contributed by atoms with E-state index in [9.17, 15) is 18.0 Å². The van der Waals surface area contributed by atoms with Crippen LogP contribution in [0.5, 0.6) is 0 Å². The largest absolute Gasteiger partial charge is 0.352 e. The molecule has 1 N–H and O–H groups in total. The quantitative estimate of drug-likeness (QED) is 0.160. The van der Waals surface area contributed by atoms with Gasteiger partial charge in [0.2, 0.25) is 11.8 Å². The fourth-order valence-corrected chi connectivity index (χ4v) is 6.86. The van der Waals surface area contributed by atoms with Gasteiger partial charge in [-0.3, -0.25) is 13.9 Å². The van der Waals surface area contributed by atoms with Crippen LogP contribution in [0.4, 0.5) is 5.69 Å². The summed E-state index contributed by atoms with van der Waals surface area (Å²) in [4.78, 5) is 30.0. The van der Waals surface area contributed by atoms with E-state index in [1.54, 1.807) is 61.5 Å². The van der Waals surface area contributed by atoms with Crippen LogP contribution in [-0.4, -0.2) is 43.8 Å². The van der Waals surface area contributed by atoms with Crippen molar-refractivity contribution in [3.8, 4) is 0 Å². The van der Waals surface area contributed by atoms with Gasteiger partial charge < -0.3 is 10.2 Å². The summed E-state index contributed by atoms with van der Waals surface area (Å²) in [6.45, 7) is 6.84. The number of carbonyl (C=O) groups is 2. The van der Waals surface area contributed by atoms with Gasteiger partial charge in [0.1, 0.15) is 12.6 Å². The molecule has 0 saturated heterocycles. The highest BCUT2D eigenvalue weighted by molar-refractivity contribution is 7.92. The van der Waals surface area contributed by atoms with E-state index >= 15 is 0 Å². The van der Waals surface area contributed by atoms with E-state index < -0.39 is 28.5 Å². The fraction of sp³-hybridized carbons (Fsp3) is 0.278. The number of hydrogen-bond acceptors (Lipinski definition) is 4. The molecule has 2 unspecified atom stereocenters. The molecule has 10 heteroatoms. The number of halogens is 2. The Kier molecular flexibility index (Phi) is 11.9. The Morgan fingerprint density at radius 1 is 0.826 bits per heavy atom. The van der Waals surface area contributed by atoms with E-state index in [2.05, 4.69) is 5.32 Å². The van der Waals surface area contributed by atoms with E-state index in [0.29, 0.717) is 27.6 Å². The highest BCUT2D eigenvalue weighted by Crippen LogP contribution is 2.32. The molecule has 0 spiro atoms. The number of rotatable bonds is 13. The van der Waals surface area contributed by atoms with E-state index in [1.165, 1.54) is 17.0 Å². The van der Waals surface area contributed by atoms with E-state index in [-0.39, 0.29) is 35.5 Å². The van der Waals surface area contributed by atoms with Gasteiger partial charge in [-0.2, -0.15) is 0 Å². The monoisotopic (exact) mass is 679 g/mol. The molecule has 0 saturated carbocycles. The van der Waals surface area contributed by atoms with Crippen LogP contribution in [0.15, 0.2) is 102 Å². The number of amides is 2. The van der Waals surface area contributed by atoms with Crippen LogP contribution in [-0.2, 0) is 32.6 Å². The van der Waals surface area contributed by atoms with Crippen molar-refractivity contribution in [2.45, 2.75) is 64.1 Å². The molecule has 0 fully saturated rings. The lowest BCUT2D eigenvalue weighted by molar-refractivity contribution is -0.140. The number of sulfonamides is 1. The molecule has 0 aliphatic heterocycles. The zero-order valence-electron chi connectivity index (χ0n) is 26.4. The minimum atomic E-state index is -4.25. The molecule has 2 amide bonds. The number of nitrogens with one attached hydrogen (secondary N) is 1. The molecule has 0 heterocycles. The third-order valence-corrected chi connectivity index (χ3v) is 10.5. The smallest absolute Gasteiger partial charge is 0.264 e. The molecule has 0 bridgehead atoms. The van der Waals surface area contributed by atoms with Crippen molar-refractivity contribution in [3.05, 3.63) is 129 Å². The van der Waals surface area contributed by atoms with Crippen LogP contribution < -0.4 is 9.62 Å². The molecule has 2 atom stereocenters. The third kappa shape index (κ3) is 8.49. The minimum Gasteiger partial charge on any atom is -0.352 e. The second kappa shape index (κ2) is 15.6. The number of anilines is 1. The Balaban J connectivity index is 1.85. The van der Waals surface area contributed by atoms with Crippen LogP contribution in [0.2, 0.25) is 10.0 Å². The van der Waals surface area contributed by atoms with E-state index in [1.807, 2.05) is 51.1 Å². The number of aryl methyl sites for hydroxylation is 1. The van der Waals surface area contributed by atoms with E-state index in [0.717, 1.165) is 15.4 Å². The van der Waals surface area contributed by atoms with Gasteiger partial charge in [0.15, 0.2) is 0 Å². The molecule has 0 aliphatic rings. The van der Waals surface area contributed by atoms with Crippen molar-refractivity contribution < 1.29 is 18.0 Å². The predicted molar refractivity (Wildman–Crippen MR) is 186 cm³/mol. The lowest BCUT2D eigenvalue weighted by Gasteiger charge is -2.35. The Labute approximate surface area is 282 Å². The Hall–Kier alpha value is -3.85. The Morgan fingerprint density at radius 2 is 1.46 bits per heavy atom. The summed E-state index contributed by atoms with van der Waals surface area (Å²) in [6.07, 6.45) is 0.902. The highest BCUT2D eigenvalue weighted by atomic mass is 35.5. The number of hydrogen-bond donors (Lipinski definition) is 1. The molecule has 4 aromatic rings. The molecule has 242 valence electrons. The summed E-state index contributed by atoms with van der Waals surface area (Å²) in [6, 6.07) is 26.8. The molecule has 4 aromatic carbocycles. The molecule has 4 rings (SSSR count). The average Bonchev–Trinajstić information content (AvgIpc) is 3.04. The van der Waals surface area contributed by atoms with Gasteiger partial charge in [0.05, 0.1) is 10.6 Å². The van der Waals surface area contributed by atoms with Crippen LogP contribution in [0.3, 0.4) is 0 Å². The first-order valence-electron chi connectivity index (χ1n) is 15.1. The highest BCUT2D eigenvalue weighted by Gasteiger charge is 2.35. The number of benzene rings is 4. The molecule has 0 radical (unpaired) electrons. The molecular weight excluding hydrogens is 641 g/mol. The molecule has 7 nitrogen and oxygen atoms in total. The summed E-state index contributed by atoms with van der Waals surface area (Å²) in [7, 11) is -4.25. The Morgan fingerprint density at radius 3 is 2.11 bits per heavy atom. The van der Waals surface area contributed by atoms with Gasteiger partial charge in [-0.05, 0) is 74.2 Å². The summed E-state index contributed by atoms with van der Waals surface area (Å²) >= 11 is 13.0. The summed E-state index contributed by atoms with van der Waals surface area (Å²) in [5.41, 5.74) is 3.13. The van der Waals surface area contributed by atoms with Crippen LogP contribution >= 0.6 is 23.2 Å². The van der Waals surface area contributed by atoms with Crippen molar-refractivity contribution in [2.75, 3.05) is 10.8 Å². The molecule has 0 aliphatic carbocycles. The third-order valence-electron chi connectivity index (χ3n) is 7.97. The molecule has 46 heavy (non-hydrogen) atoms. The van der Waals surface area contributed by atoms with Crippen LogP contribution in [0.25, 0.3) is 0 Å². The predicted octanol–water partition coefficient (Wildman–Crippen LogP) is 7.36. The Bertz CT molecular complexity index is 1770. The van der Waals surface area contributed by atoms with Crippen molar-refractivity contribution in [3.63, 3.8) is 0 Å². The SMILES string of the molecule is CCC(C)NC(=O)C(Cc1ccccc1)N(Cc1ccccc1Cl)C(=O)CN(c1cccc(Cl)c1C)S(=O)(=O)c1ccc(C)cc1. The van der Waals surface area contributed by atoms with Crippen molar-refractivity contribution in [1.29, 1.82) is 0 Å². The summed E-state index contributed by atoms with van der Waals surface area (Å²) in [5, 5.41) is 3.82. The van der Waals surface area contributed by atoms with Gasteiger partial charge in [0.25, 0.3) is 10.0 Å². The maximum atomic E-state index is 14.6. The van der Waals surface area contributed by atoms with E-state index in [4.69, 9.17) is 23.2 Å². The lowest BCUT2D eigenvalue weighted by Crippen LogP contribution is -2.54. The van der Waals surface area contributed by atoms with Crippen molar-refractivity contribution in [2.24, 2.45) is 0 Å². The standard InChI is InChI=1S/C36H39Cl2N3O4S/c1-5-26(3)39-36(43)34(22-28-12-7-6-8-13-28)40(23-29-14-9-10-15-32(29)38)35(42)24-41(33-17-11-16-31(37)27(33)4)46(44,45)30-20-18-25(2)19-21-30/h6-21,26,34H,5,22-24H2,1-4H3,(H,39,43). The fourth-order valence-electron chi connectivity index (χ4n) is 5.02. The topological polar surface area (TPSA) is 86.8 Å². The maximum absolute atomic E-state index is 14.6. The second-order valence-corrected chi connectivity index (χ2v) is 14.0. The van der Waals surface area contributed by atoms with Crippen molar-refractivity contribution >= 4 is 50.7 Å². The summed E-state index contributed by atoms with van der Waals surface area (Å²) < 4.78 is 29.6. The maximum Gasteiger partial charge on any atom is 0.264 e. The first-order valence-corrected chi connectivity index (χ1v) is 17.3. The zero-order valence-corrected chi connectivity index (χ0v) is 28.7. The lowest BCUT2D eigenvalue weighted by atomic mass is 10.0. The van der Waals surface area contributed by atoms with Gasteiger partial charge in [-0.15, -0.1) is 0 Å². The van der Waals surface area contributed by atoms with Gasteiger partial charge >= 0.3 is 0 Å². The zero-order chi connectivity index (χ0) is 33.4. The molecule has 0 aromatic heterocycles. The number of carbonyl (C=O) groups excluding carboxylic acids is 2. The minimum absolute atomic E-state index is 0.0170. The summed E-state index contributed by atoms with van der Waals surface area (Å²) in [5.74, 6) is -0.916. The first-order chi connectivity index (χ1) is 21.9. The number of nitrogens with zero attached hydrogens (tertiary/aromatic N) is 2. The van der Waals surface area contributed by atoms with Crippen molar-refractivity contribution in [1.82, 2.24) is 10.2 Å². The van der Waals surface area contributed by atoms with Crippen LogP contribution in [0.1, 0.15) is 42.5 Å². The second-order valence-electron chi connectivity index (χ2n) is 11.3. The van der Waals surface area contributed by atoms with Gasteiger partial charge in [-0.1, -0.05) is 102 Å². The average molecular weight is 681 g/mol. The van der Waals surface area contributed by atoms with Crippen LogP contribution in [0, 0.1) is 13.8 Å². The molecular formula is C36H39Cl2N3O4S.